The predicted octanol–water partition coefficient (Wildman–Crippen LogP) is 2.06. The number of benzene rings is 1. The maximum Gasteiger partial charge on any atom is 0.251 e. The topological polar surface area (TPSA) is 52.6 Å². The van der Waals surface area contributed by atoms with Crippen LogP contribution in [-0.4, -0.2) is 47.2 Å². The van der Waals surface area contributed by atoms with Crippen LogP contribution in [0.3, 0.4) is 0 Å². The first kappa shape index (κ1) is 14.8. The summed E-state index contributed by atoms with van der Waals surface area (Å²) < 4.78 is 0. The van der Waals surface area contributed by atoms with Gasteiger partial charge in [-0.1, -0.05) is 11.6 Å². The Morgan fingerprint density at radius 3 is 2.67 bits per heavy atom. The minimum absolute atomic E-state index is 0.0386. The lowest BCUT2D eigenvalue weighted by atomic mass is 10.1. The van der Waals surface area contributed by atoms with Crippen molar-refractivity contribution in [2.45, 2.75) is 43.9 Å². The van der Waals surface area contributed by atoms with Gasteiger partial charge >= 0.3 is 0 Å². The maximum atomic E-state index is 12.3. The Morgan fingerprint density at radius 2 is 2.00 bits per heavy atom. The summed E-state index contributed by atoms with van der Waals surface area (Å²) in [6.07, 6.45) is 3.87. The van der Waals surface area contributed by atoms with E-state index in [0.29, 0.717) is 16.6 Å². The zero-order valence-electron chi connectivity index (χ0n) is 12.0. The number of hydrogen-bond acceptors (Lipinski definition) is 3. The van der Waals surface area contributed by atoms with Gasteiger partial charge in [-0.3, -0.25) is 9.69 Å². The van der Waals surface area contributed by atoms with Crippen LogP contribution in [0.4, 0.5) is 0 Å². The monoisotopic (exact) mass is 308 g/mol. The predicted molar refractivity (Wildman–Crippen MR) is 82.5 cm³/mol. The smallest absolute Gasteiger partial charge is 0.251 e. The van der Waals surface area contributed by atoms with Crippen molar-refractivity contribution >= 4 is 17.5 Å². The lowest BCUT2D eigenvalue weighted by Crippen LogP contribution is -2.48. The van der Waals surface area contributed by atoms with Gasteiger partial charge in [0.25, 0.3) is 5.91 Å². The molecule has 114 valence electrons. The van der Waals surface area contributed by atoms with Gasteiger partial charge in [0.05, 0.1) is 6.10 Å². The number of rotatable bonds is 3. The van der Waals surface area contributed by atoms with Crippen LogP contribution in [0.1, 0.15) is 36.0 Å². The molecule has 1 aromatic carbocycles. The van der Waals surface area contributed by atoms with Gasteiger partial charge in [-0.15, -0.1) is 0 Å². The van der Waals surface area contributed by atoms with Gasteiger partial charge < -0.3 is 10.4 Å². The Hall–Kier alpha value is -1.10. The molecule has 1 aliphatic carbocycles. The second-order valence-electron chi connectivity index (χ2n) is 6.02. The average Bonchev–Trinajstić information content (AvgIpc) is 3.08. The van der Waals surface area contributed by atoms with Crippen LogP contribution in [0.15, 0.2) is 24.3 Å². The van der Waals surface area contributed by atoms with Crippen molar-refractivity contribution in [3.63, 3.8) is 0 Å². The van der Waals surface area contributed by atoms with E-state index in [4.69, 9.17) is 11.6 Å². The van der Waals surface area contributed by atoms with E-state index in [1.165, 1.54) is 0 Å². The van der Waals surface area contributed by atoms with Gasteiger partial charge in [0.2, 0.25) is 0 Å². The number of likely N-dealkylation sites (tertiary alicyclic amines) is 1. The molecule has 1 amide bonds. The summed E-state index contributed by atoms with van der Waals surface area (Å²) >= 11 is 5.85. The lowest BCUT2D eigenvalue weighted by molar-refractivity contribution is 0.0906. The lowest BCUT2D eigenvalue weighted by Gasteiger charge is -2.29. The standard InChI is InChI=1S/C16H21ClN2O2/c17-12-6-4-11(5-7-12)16(21)18-14-2-1-3-15(14)19-9-8-13(20)10-19/h4-7,13-15,20H,1-3,8-10H2,(H,18,21)/t13?,14-,15+/m1/s1. The Balaban J connectivity index is 1.63. The van der Waals surface area contributed by atoms with E-state index in [0.717, 1.165) is 38.8 Å². The molecule has 1 unspecified atom stereocenters. The minimum Gasteiger partial charge on any atom is -0.392 e. The molecule has 4 nitrogen and oxygen atoms in total. The molecule has 3 rings (SSSR count). The summed E-state index contributed by atoms with van der Waals surface area (Å²) in [4.78, 5) is 14.6. The van der Waals surface area contributed by atoms with Gasteiger partial charge in [-0.25, -0.2) is 0 Å². The van der Waals surface area contributed by atoms with Crippen LogP contribution in [0.5, 0.6) is 0 Å². The van der Waals surface area contributed by atoms with Gasteiger partial charge in [-0.05, 0) is 49.9 Å². The Bertz CT molecular complexity index is 506. The first-order valence-electron chi connectivity index (χ1n) is 7.62. The van der Waals surface area contributed by atoms with Gasteiger partial charge in [0.15, 0.2) is 0 Å². The Morgan fingerprint density at radius 1 is 1.24 bits per heavy atom. The van der Waals surface area contributed by atoms with Crippen LogP contribution in [-0.2, 0) is 0 Å². The highest BCUT2D eigenvalue weighted by Crippen LogP contribution is 2.27. The summed E-state index contributed by atoms with van der Waals surface area (Å²) in [5.74, 6) is -0.0386. The van der Waals surface area contributed by atoms with Gasteiger partial charge in [0, 0.05) is 35.8 Å². The number of carbonyl (C=O) groups excluding carboxylic acids is 1. The SMILES string of the molecule is O=C(N[C@@H]1CCC[C@@H]1N1CCC(O)C1)c1ccc(Cl)cc1. The van der Waals surface area contributed by atoms with Crippen molar-refractivity contribution in [1.82, 2.24) is 10.2 Å². The second-order valence-corrected chi connectivity index (χ2v) is 6.46. The van der Waals surface area contributed by atoms with E-state index in [1.807, 2.05) is 0 Å². The molecule has 1 aromatic rings. The quantitative estimate of drug-likeness (QED) is 0.898. The molecule has 0 radical (unpaired) electrons. The summed E-state index contributed by atoms with van der Waals surface area (Å²) in [5.41, 5.74) is 0.645. The molecule has 1 saturated heterocycles. The van der Waals surface area contributed by atoms with E-state index >= 15 is 0 Å². The first-order valence-corrected chi connectivity index (χ1v) is 8.00. The van der Waals surface area contributed by atoms with Crippen LogP contribution < -0.4 is 5.32 Å². The van der Waals surface area contributed by atoms with E-state index in [9.17, 15) is 9.90 Å². The second kappa shape index (κ2) is 6.34. The van der Waals surface area contributed by atoms with Crippen LogP contribution in [0.2, 0.25) is 5.02 Å². The third kappa shape index (κ3) is 3.39. The fourth-order valence-electron chi connectivity index (χ4n) is 3.47. The van der Waals surface area contributed by atoms with Crippen molar-refractivity contribution in [3.05, 3.63) is 34.9 Å². The number of aliphatic hydroxyl groups is 1. The first-order chi connectivity index (χ1) is 10.1. The van der Waals surface area contributed by atoms with E-state index in [-0.39, 0.29) is 18.1 Å². The van der Waals surface area contributed by atoms with Crippen molar-refractivity contribution in [2.24, 2.45) is 0 Å². The summed E-state index contributed by atoms with van der Waals surface area (Å²) in [6, 6.07) is 7.51. The Kier molecular flexibility index (Phi) is 4.48. The summed E-state index contributed by atoms with van der Waals surface area (Å²) in [6.45, 7) is 1.66. The summed E-state index contributed by atoms with van der Waals surface area (Å²) in [5, 5.41) is 13.5. The molecule has 2 fully saturated rings. The molecule has 2 aliphatic rings. The molecule has 0 bridgehead atoms. The zero-order chi connectivity index (χ0) is 14.8. The van der Waals surface area contributed by atoms with Crippen LogP contribution in [0, 0.1) is 0 Å². The van der Waals surface area contributed by atoms with Crippen LogP contribution in [0.25, 0.3) is 0 Å². The highest BCUT2D eigenvalue weighted by Gasteiger charge is 2.36. The van der Waals surface area contributed by atoms with Gasteiger partial charge in [-0.2, -0.15) is 0 Å². The van der Waals surface area contributed by atoms with Crippen molar-refractivity contribution in [2.75, 3.05) is 13.1 Å². The summed E-state index contributed by atoms with van der Waals surface area (Å²) in [7, 11) is 0. The molecule has 5 heteroatoms. The molecular formula is C16H21ClN2O2. The number of hydrogen-bond donors (Lipinski definition) is 2. The molecule has 3 atom stereocenters. The normalized spacial score (nSPS) is 29.7. The molecule has 2 N–H and O–H groups in total. The average molecular weight is 309 g/mol. The largest absolute Gasteiger partial charge is 0.392 e. The Labute approximate surface area is 130 Å². The number of β-amino-alcohol motifs (C(OH)–C–C–N with tert-alkyl or cyclic N) is 1. The van der Waals surface area contributed by atoms with E-state index in [2.05, 4.69) is 10.2 Å². The molecule has 1 saturated carbocycles. The molecule has 0 spiro atoms. The highest BCUT2D eigenvalue weighted by molar-refractivity contribution is 6.30. The fourth-order valence-corrected chi connectivity index (χ4v) is 3.59. The molecule has 1 heterocycles. The third-order valence-corrected chi connectivity index (χ3v) is 4.82. The third-order valence-electron chi connectivity index (χ3n) is 4.57. The fraction of sp³-hybridized carbons (Fsp3) is 0.562. The number of aliphatic hydroxyl groups excluding tert-OH is 1. The van der Waals surface area contributed by atoms with Crippen molar-refractivity contribution in [3.8, 4) is 0 Å². The molecule has 21 heavy (non-hydrogen) atoms. The number of carbonyl (C=O) groups is 1. The maximum absolute atomic E-state index is 12.3. The molecule has 0 aromatic heterocycles. The number of halogens is 1. The number of nitrogens with zero attached hydrogens (tertiary/aromatic N) is 1. The van der Waals surface area contributed by atoms with Crippen LogP contribution >= 0.6 is 11.6 Å². The van der Waals surface area contributed by atoms with E-state index in [1.54, 1.807) is 24.3 Å². The highest BCUT2D eigenvalue weighted by atomic mass is 35.5. The van der Waals surface area contributed by atoms with E-state index < -0.39 is 0 Å². The number of amides is 1. The van der Waals surface area contributed by atoms with Gasteiger partial charge in [0.1, 0.15) is 0 Å². The van der Waals surface area contributed by atoms with Crippen molar-refractivity contribution in [1.29, 1.82) is 0 Å². The van der Waals surface area contributed by atoms with Crippen molar-refractivity contribution < 1.29 is 9.90 Å². The zero-order valence-corrected chi connectivity index (χ0v) is 12.7. The molecule has 1 aliphatic heterocycles. The minimum atomic E-state index is -0.210. The molecular weight excluding hydrogens is 288 g/mol. The number of nitrogens with one attached hydrogen (secondary N) is 1.